The molecule has 1 aliphatic heterocycles. The van der Waals surface area contributed by atoms with E-state index in [-0.39, 0.29) is 18.3 Å². The quantitative estimate of drug-likeness (QED) is 0.875. The number of rotatable bonds is 3. The van der Waals surface area contributed by atoms with Gasteiger partial charge in [-0.3, -0.25) is 4.79 Å². The lowest BCUT2D eigenvalue weighted by Gasteiger charge is -2.31. The molecule has 5 nitrogen and oxygen atoms in total. The molecule has 0 aliphatic carbocycles. The van der Waals surface area contributed by atoms with Crippen molar-refractivity contribution >= 4 is 41.5 Å². The summed E-state index contributed by atoms with van der Waals surface area (Å²) in [6, 6.07) is 5.68. The van der Waals surface area contributed by atoms with Gasteiger partial charge in [0.25, 0.3) is 5.91 Å². The molecule has 0 radical (unpaired) electrons. The highest BCUT2D eigenvalue weighted by Gasteiger charge is 2.23. The van der Waals surface area contributed by atoms with Crippen molar-refractivity contribution in [2.45, 2.75) is 18.9 Å². The summed E-state index contributed by atoms with van der Waals surface area (Å²) in [6.07, 6.45) is 5.23. The molecule has 1 aliphatic rings. The van der Waals surface area contributed by atoms with E-state index in [0.29, 0.717) is 27.3 Å². The van der Waals surface area contributed by atoms with Crippen LogP contribution in [0.15, 0.2) is 30.6 Å². The molecule has 2 heterocycles. The number of carbonyl (C=O) groups is 1. The standard InChI is InChI=1S/C16H18Cl2N4O.ClH/c1-19-13-4-6-21(7-5-13)16(23)11-9-20-22(10-11)15-3-2-12(17)8-14(15)18;/h2-3,8-10,13,19H,4-7H2,1H3;1H. The predicted molar refractivity (Wildman–Crippen MR) is 98.8 cm³/mol. The summed E-state index contributed by atoms with van der Waals surface area (Å²) in [6.45, 7) is 1.52. The maximum atomic E-state index is 12.6. The molecule has 3 rings (SSSR count). The van der Waals surface area contributed by atoms with Crippen molar-refractivity contribution in [2.24, 2.45) is 0 Å². The van der Waals surface area contributed by atoms with E-state index < -0.39 is 0 Å². The molecule has 1 amide bonds. The lowest BCUT2D eigenvalue weighted by atomic mass is 10.0. The minimum atomic E-state index is 0. The fourth-order valence-electron chi connectivity index (χ4n) is 2.79. The number of hydrogen-bond acceptors (Lipinski definition) is 3. The minimum absolute atomic E-state index is 0. The van der Waals surface area contributed by atoms with Gasteiger partial charge in [-0.15, -0.1) is 12.4 Å². The number of piperidine rings is 1. The summed E-state index contributed by atoms with van der Waals surface area (Å²) >= 11 is 12.1. The van der Waals surface area contributed by atoms with Gasteiger partial charge in [-0.1, -0.05) is 23.2 Å². The maximum absolute atomic E-state index is 12.6. The van der Waals surface area contributed by atoms with Crippen molar-refractivity contribution in [1.82, 2.24) is 20.0 Å². The molecule has 2 aromatic rings. The molecule has 1 fully saturated rings. The third-order valence-corrected chi connectivity index (χ3v) is 4.71. The van der Waals surface area contributed by atoms with Gasteiger partial charge in [0.05, 0.1) is 22.5 Å². The summed E-state index contributed by atoms with van der Waals surface area (Å²) in [5.41, 5.74) is 1.27. The first-order valence-electron chi connectivity index (χ1n) is 7.55. The van der Waals surface area contributed by atoms with E-state index in [4.69, 9.17) is 23.2 Å². The number of halogens is 3. The third kappa shape index (κ3) is 4.03. The van der Waals surface area contributed by atoms with Crippen LogP contribution in [0, 0.1) is 0 Å². The first-order valence-corrected chi connectivity index (χ1v) is 8.30. The maximum Gasteiger partial charge on any atom is 0.257 e. The first-order chi connectivity index (χ1) is 11.1. The Bertz CT molecular complexity index is 711. The number of amides is 1. The smallest absolute Gasteiger partial charge is 0.257 e. The molecule has 0 saturated carbocycles. The number of hydrogen-bond donors (Lipinski definition) is 1. The fourth-order valence-corrected chi connectivity index (χ4v) is 3.28. The Morgan fingerprint density at radius 3 is 2.62 bits per heavy atom. The zero-order valence-electron chi connectivity index (χ0n) is 13.2. The van der Waals surface area contributed by atoms with E-state index in [1.165, 1.54) is 0 Å². The average molecular weight is 390 g/mol. The lowest BCUT2D eigenvalue weighted by Crippen LogP contribution is -2.43. The predicted octanol–water partition coefficient (Wildman–Crippen LogP) is 3.42. The van der Waals surface area contributed by atoms with E-state index in [1.54, 1.807) is 35.3 Å². The summed E-state index contributed by atoms with van der Waals surface area (Å²) in [7, 11) is 1.96. The summed E-state index contributed by atoms with van der Waals surface area (Å²) in [4.78, 5) is 14.5. The Labute approximate surface area is 157 Å². The molecule has 0 unspecified atom stereocenters. The van der Waals surface area contributed by atoms with Crippen LogP contribution < -0.4 is 5.32 Å². The molecule has 1 aromatic carbocycles. The monoisotopic (exact) mass is 388 g/mol. The van der Waals surface area contributed by atoms with Crippen molar-refractivity contribution in [2.75, 3.05) is 20.1 Å². The fraction of sp³-hybridized carbons (Fsp3) is 0.375. The number of nitrogens with one attached hydrogen (secondary N) is 1. The van der Waals surface area contributed by atoms with Gasteiger partial charge in [-0.2, -0.15) is 5.10 Å². The van der Waals surface area contributed by atoms with Crippen molar-refractivity contribution < 1.29 is 4.79 Å². The summed E-state index contributed by atoms with van der Waals surface area (Å²) in [5, 5.41) is 8.57. The van der Waals surface area contributed by atoms with Gasteiger partial charge >= 0.3 is 0 Å². The van der Waals surface area contributed by atoms with E-state index in [0.717, 1.165) is 25.9 Å². The second kappa shape index (κ2) is 8.21. The molecule has 130 valence electrons. The van der Waals surface area contributed by atoms with Gasteiger partial charge in [0.1, 0.15) is 0 Å². The van der Waals surface area contributed by atoms with Crippen LogP contribution in [0.1, 0.15) is 23.2 Å². The highest BCUT2D eigenvalue weighted by Crippen LogP contribution is 2.24. The number of benzene rings is 1. The van der Waals surface area contributed by atoms with Crippen LogP contribution in [0.25, 0.3) is 5.69 Å². The van der Waals surface area contributed by atoms with Crippen LogP contribution in [0.2, 0.25) is 10.0 Å². The Balaban J connectivity index is 0.00000208. The SMILES string of the molecule is CNC1CCN(C(=O)c2cnn(-c3ccc(Cl)cc3Cl)c2)CC1.Cl. The Kier molecular flexibility index (Phi) is 6.52. The van der Waals surface area contributed by atoms with E-state index in [9.17, 15) is 4.79 Å². The van der Waals surface area contributed by atoms with Crippen LogP contribution in [-0.2, 0) is 0 Å². The summed E-state index contributed by atoms with van der Waals surface area (Å²) < 4.78 is 1.60. The second-order valence-corrected chi connectivity index (χ2v) is 6.47. The van der Waals surface area contributed by atoms with Crippen molar-refractivity contribution in [3.63, 3.8) is 0 Å². The number of nitrogens with zero attached hydrogens (tertiary/aromatic N) is 3. The first kappa shape index (κ1) is 19.1. The Morgan fingerprint density at radius 1 is 1.29 bits per heavy atom. The van der Waals surface area contributed by atoms with E-state index in [2.05, 4.69) is 10.4 Å². The van der Waals surface area contributed by atoms with Gasteiger partial charge in [0.2, 0.25) is 0 Å². The average Bonchev–Trinajstić information content (AvgIpc) is 3.04. The molecule has 0 bridgehead atoms. The molecule has 24 heavy (non-hydrogen) atoms. The van der Waals surface area contributed by atoms with Crippen molar-refractivity contribution in [3.05, 3.63) is 46.2 Å². The molecule has 0 spiro atoms. The largest absolute Gasteiger partial charge is 0.338 e. The van der Waals surface area contributed by atoms with Crippen LogP contribution >= 0.6 is 35.6 Å². The Morgan fingerprint density at radius 2 is 2.00 bits per heavy atom. The van der Waals surface area contributed by atoms with Gasteiger partial charge in [-0.05, 0) is 38.1 Å². The van der Waals surface area contributed by atoms with Gasteiger partial charge < -0.3 is 10.2 Å². The van der Waals surface area contributed by atoms with E-state index in [1.807, 2.05) is 11.9 Å². The molecule has 1 N–H and O–H groups in total. The summed E-state index contributed by atoms with van der Waals surface area (Å²) in [5.74, 6) is 0.0101. The highest BCUT2D eigenvalue weighted by atomic mass is 35.5. The molecule has 8 heteroatoms. The van der Waals surface area contributed by atoms with Gasteiger partial charge in [0.15, 0.2) is 0 Å². The van der Waals surface area contributed by atoms with Gasteiger partial charge in [-0.25, -0.2) is 4.68 Å². The van der Waals surface area contributed by atoms with Crippen LogP contribution in [-0.4, -0.2) is 46.8 Å². The zero-order valence-corrected chi connectivity index (χ0v) is 15.5. The number of likely N-dealkylation sites (tertiary alicyclic amines) is 1. The van der Waals surface area contributed by atoms with Gasteiger partial charge in [0, 0.05) is 30.4 Å². The second-order valence-electron chi connectivity index (χ2n) is 5.62. The Hall–Kier alpha value is -1.27. The van der Waals surface area contributed by atoms with Crippen molar-refractivity contribution in [3.8, 4) is 5.69 Å². The van der Waals surface area contributed by atoms with E-state index >= 15 is 0 Å². The minimum Gasteiger partial charge on any atom is -0.338 e. The van der Waals surface area contributed by atoms with Crippen LogP contribution in [0.3, 0.4) is 0 Å². The topological polar surface area (TPSA) is 50.2 Å². The normalized spacial score (nSPS) is 15.2. The molecule has 1 saturated heterocycles. The molecular weight excluding hydrogens is 371 g/mol. The highest BCUT2D eigenvalue weighted by molar-refractivity contribution is 6.35. The molecular formula is C16H19Cl3N4O. The van der Waals surface area contributed by atoms with Crippen LogP contribution in [0.5, 0.6) is 0 Å². The molecule has 1 aromatic heterocycles. The molecule has 0 atom stereocenters. The number of aromatic nitrogens is 2. The zero-order chi connectivity index (χ0) is 16.4. The van der Waals surface area contributed by atoms with Crippen molar-refractivity contribution in [1.29, 1.82) is 0 Å². The number of carbonyl (C=O) groups excluding carboxylic acids is 1. The lowest BCUT2D eigenvalue weighted by molar-refractivity contribution is 0.0707. The third-order valence-electron chi connectivity index (χ3n) is 4.18. The van der Waals surface area contributed by atoms with Crippen LogP contribution in [0.4, 0.5) is 0 Å².